The zero-order valence-corrected chi connectivity index (χ0v) is 24.1. The molecule has 1 aromatic heterocycles. The van der Waals surface area contributed by atoms with Gasteiger partial charge in [-0.3, -0.25) is 0 Å². The van der Waals surface area contributed by atoms with Gasteiger partial charge in [-0.15, -0.1) is 0 Å². The molecule has 5 aromatic rings. The van der Waals surface area contributed by atoms with E-state index in [1.807, 2.05) is 97.9 Å². The van der Waals surface area contributed by atoms with Crippen LogP contribution in [0.2, 0.25) is 0 Å². The normalized spacial score (nSPS) is 13.0. The standard InChI is InChI=1S/C34H31O6P/c1-4-34(33(37)38-5-2,40-32-29(35)22-21-28-24(3)23-30(36)39-31(28)32)41(25-15-9-6-10-16-25,26-17-11-7-12-18-26)27-19-13-8-14-20-27/h6-23H,4-5H2,1-3H3. The Morgan fingerprint density at radius 2 is 1.34 bits per heavy atom. The van der Waals surface area contributed by atoms with Crippen molar-refractivity contribution in [1.29, 1.82) is 0 Å². The van der Waals surface area contributed by atoms with Gasteiger partial charge in [-0.05, 0) is 55.8 Å². The molecule has 0 amide bonds. The zero-order valence-electron chi connectivity index (χ0n) is 23.2. The molecule has 7 heteroatoms. The van der Waals surface area contributed by atoms with Gasteiger partial charge in [0.1, 0.15) is 15.9 Å². The molecule has 0 aliphatic rings. The molecule has 0 saturated heterocycles. The zero-order chi connectivity index (χ0) is 29.0. The number of hydrogen-bond donors (Lipinski definition) is 0. The Bertz CT molecular complexity index is 1620. The van der Waals surface area contributed by atoms with E-state index in [9.17, 15) is 14.7 Å². The first-order chi connectivity index (χ1) is 19.9. The van der Waals surface area contributed by atoms with Crippen molar-refractivity contribution < 1.29 is 23.8 Å². The quantitative estimate of drug-likeness (QED) is 0.138. The molecule has 4 aromatic carbocycles. The Morgan fingerprint density at radius 1 is 0.829 bits per heavy atom. The SMILES string of the molecule is CCOC(=O)C(CC)(Oc1c([O-])ccc2c(C)cc(=O)oc12)[P+](c1ccccc1)(c1ccccc1)c1ccccc1. The fourth-order valence-electron chi connectivity index (χ4n) is 5.58. The molecule has 6 nitrogen and oxygen atoms in total. The third kappa shape index (κ3) is 4.68. The number of fused-ring (bicyclic) bond motifs is 1. The molecule has 0 N–H and O–H groups in total. The van der Waals surface area contributed by atoms with Gasteiger partial charge in [0.15, 0.2) is 18.6 Å². The highest BCUT2D eigenvalue weighted by Crippen LogP contribution is 2.68. The summed E-state index contributed by atoms with van der Waals surface area (Å²) in [7, 11) is -3.12. The topological polar surface area (TPSA) is 88.8 Å². The molecule has 0 spiro atoms. The second kappa shape index (κ2) is 11.6. The van der Waals surface area contributed by atoms with E-state index >= 15 is 0 Å². The highest BCUT2D eigenvalue weighted by atomic mass is 31.2. The Balaban J connectivity index is 1.97. The average molecular weight is 567 g/mol. The van der Waals surface area contributed by atoms with Gasteiger partial charge in [-0.25, -0.2) is 9.59 Å². The van der Waals surface area contributed by atoms with Crippen LogP contribution in [-0.2, 0) is 9.53 Å². The predicted molar refractivity (Wildman–Crippen MR) is 162 cm³/mol. The van der Waals surface area contributed by atoms with Crippen LogP contribution < -0.4 is 31.4 Å². The van der Waals surface area contributed by atoms with Crippen LogP contribution in [0.1, 0.15) is 25.8 Å². The van der Waals surface area contributed by atoms with E-state index in [1.54, 1.807) is 19.9 Å². The summed E-state index contributed by atoms with van der Waals surface area (Å²) in [6.45, 7) is 5.47. The Kier molecular flexibility index (Phi) is 7.96. The maximum Gasteiger partial charge on any atom is 0.392 e. The average Bonchev–Trinajstić information content (AvgIpc) is 2.99. The lowest BCUT2D eigenvalue weighted by Crippen LogP contribution is -2.56. The minimum atomic E-state index is -3.12. The molecule has 0 aliphatic heterocycles. The van der Waals surface area contributed by atoms with Crippen LogP contribution in [0.25, 0.3) is 11.0 Å². The van der Waals surface area contributed by atoms with Crippen molar-refractivity contribution in [2.75, 3.05) is 6.61 Å². The number of hydrogen-bond acceptors (Lipinski definition) is 6. The lowest BCUT2D eigenvalue weighted by molar-refractivity contribution is -0.270. The highest BCUT2D eigenvalue weighted by Gasteiger charge is 2.70. The lowest BCUT2D eigenvalue weighted by atomic mass is 10.1. The molecular formula is C34H31O6P. The van der Waals surface area contributed by atoms with Gasteiger partial charge in [0.2, 0.25) is 0 Å². The number of esters is 1. The van der Waals surface area contributed by atoms with Crippen LogP contribution in [-0.4, -0.2) is 17.9 Å². The monoisotopic (exact) mass is 566 g/mol. The van der Waals surface area contributed by atoms with Gasteiger partial charge in [0, 0.05) is 17.9 Å². The molecule has 1 unspecified atom stereocenters. The van der Waals surface area contributed by atoms with Crippen molar-refractivity contribution >= 4 is 40.1 Å². The van der Waals surface area contributed by atoms with Crippen molar-refractivity contribution in [3.8, 4) is 11.5 Å². The molecule has 208 valence electrons. The highest BCUT2D eigenvalue weighted by molar-refractivity contribution is 7.97. The number of ether oxygens (including phenoxy) is 2. The molecule has 0 aliphatic carbocycles. The number of carbonyl (C=O) groups excluding carboxylic acids is 1. The number of carbonyl (C=O) groups is 1. The molecule has 0 bridgehead atoms. The second-order valence-corrected chi connectivity index (χ2v) is 13.3. The molecule has 41 heavy (non-hydrogen) atoms. The Morgan fingerprint density at radius 3 is 1.80 bits per heavy atom. The van der Waals surface area contributed by atoms with Gasteiger partial charge < -0.3 is 19.0 Å². The molecular weight excluding hydrogens is 535 g/mol. The third-order valence-electron chi connectivity index (χ3n) is 7.35. The molecule has 0 radical (unpaired) electrons. The van der Waals surface area contributed by atoms with E-state index < -0.39 is 29.9 Å². The summed E-state index contributed by atoms with van der Waals surface area (Å²) >= 11 is 0. The van der Waals surface area contributed by atoms with E-state index in [4.69, 9.17) is 13.9 Å². The van der Waals surface area contributed by atoms with Gasteiger partial charge in [0.25, 0.3) is 0 Å². The van der Waals surface area contributed by atoms with E-state index in [-0.39, 0.29) is 24.4 Å². The third-order valence-corrected chi connectivity index (χ3v) is 12.2. The fourth-order valence-corrected chi connectivity index (χ4v) is 10.6. The van der Waals surface area contributed by atoms with Crippen LogP contribution in [0.4, 0.5) is 0 Å². The fraction of sp³-hybridized carbons (Fsp3) is 0.176. The first-order valence-corrected chi connectivity index (χ1v) is 15.3. The second-order valence-electron chi connectivity index (χ2n) is 9.66. The Hall–Kier alpha value is -4.41. The molecule has 1 atom stereocenters. The summed E-state index contributed by atoms with van der Waals surface area (Å²) in [4.78, 5) is 27.0. The van der Waals surface area contributed by atoms with Gasteiger partial charge in [0.05, 0.1) is 6.61 Å². The first kappa shape index (κ1) is 28.1. The Labute approximate surface area is 239 Å². The van der Waals surface area contributed by atoms with E-state index in [0.717, 1.165) is 15.9 Å². The van der Waals surface area contributed by atoms with Crippen LogP contribution >= 0.6 is 7.26 Å². The van der Waals surface area contributed by atoms with E-state index in [0.29, 0.717) is 10.9 Å². The maximum absolute atomic E-state index is 14.5. The molecule has 0 fully saturated rings. The largest absolute Gasteiger partial charge is 0.870 e. The minimum Gasteiger partial charge on any atom is -0.870 e. The summed E-state index contributed by atoms with van der Waals surface area (Å²) in [5, 5.41) is 15.0. The van der Waals surface area contributed by atoms with Crippen LogP contribution in [0.15, 0.2) is 118 Å². The van der Waals surface area contributed by atoms with Crippen molar-refractivity contribution in [1.82, 2.24) is 0 Å². The summed E-state index contributed by atoms with van der Waals surface area (Å²) in [5.74, 6) is -1.29. The van der Waals surface area contributed by atoms with Crippen molar-refractivity contribution in [2.45, 2.75) is 32.5 Å². The summed E-state index contributed by atoms with van der Waals surface area (Å²) in [5.41, 5.74) is 0.0328. The smallest absolute Gasteiger partial charge is 0.392 e. The summed E-state index contributed by atoms with van der Waals surface area (Å²) < 4.78 is 18.3. The van der Waals surface area contributed by atoms with Gasteiger partial charge in [-0.1, -0.05) is 79.4 Å². The summed E-state index contributed by atoms with van der Waals surface area (Å²) in [6, 6.07) is 33.7. The molecule has 5 rings (SSSR count). The number of benzene rings is 4. The predicted octanol–water partition coefficient (Wildman–Crippen LogP) is 5.22. The summed E-state index contributed by atoms with van der Waals surface area (Å²) in [6.07, 6.45) is 0.157. The van der Waals surface area contributed by atoms with Crippen LogP contribution in [0.3, 0.4) is 0 Å². The molecule has 0 saturated carbocycles. The molecule has 1 heterocycles. The number of rotatable bonds is 9. The number of aryl methyl sites for hydroxylation is 1. The van der Waals surface area contributed by atoms with Crippen molar-refractivity contribution in [3.63, 3.8) is 0 Å². The van der Waals surface area contributed by atoms with E-state index in [1.165, 1.54) is 12.1 Å². The van der Waals surface area contributed by atoms with Gasteiger partial charge in [-0.2, -0.15) is 0 Å². The lowest BCUT2D eigenvalue weighted by Gasteiger charge is -2.42. The van der Waals surface area contributed by atoms with Crippen LogP contribution in [0.5, 0.6) is 11.5 Å². The van der Waals surface area contributed by atoms with Crippen molar-refractivity contribution in [2.24, 2.45) is 0 Å². The van der Waals surface area contributed by atoms with Gasteiger partial charge >= 0.3 is 16.9 Å². The minimum absolute atomic E-state index is 0.0110. The maximum atomic E-state index is 14.5. The van der Waals surface area contributed by atoms with E-state index in [2.05, 4.69) is 0 Å². The van der Waals surface area contributed by atoms with Crippen LogP contribution in [0, 0.1) is 6.92 Å². The first-order valence-electron chi connectivity index (χ1n) is 13.6. The van der Waals surface area contributed by atoms with Crippen molar-refractivity contribution in [3.05, 3.63) is 125 Å².